The highest BCUT2D eigenvalue weighted by Gasteiger charge is 2.08. The van der Waals surface area contributed by atoms with Gasteiger partial charge in [0.15, 0.2) is 0 Å². The number of amides is 1. The second-order valence-electron chi connectivity index (χ2n) is 4.76. The van der Waals surface area contributed by atoms with E-state index in [9.17, 15) is 4.79 Å². The Balaban J connectivity index is 2.63. The number of nitrogens with one attached hydrogen (secondary N) is 2. The largest absolute Gasteiger partial charge is 0.389 e. The standard InChI is InChI=1S/C14H21N3OS/c1-9(2)17-12(18)7-8-16-13-10(3)5-4-6-11(13)14(15)19/h4-6,9,16H,7-8H2,1-3H3,(H2,15,19)(H,17,18). The molecule has 4 N–H and O–H groups in total. The van der Waals surface area contributed by atoms with E-state index >= 15 is 0 Å². The van der Waals surface area contributed by atoms with E-state index in [0.29, 0.717) is 18.0 Å². The van der Waals surface area contributed by atoms with E-state index in [-0.39, 0.29) is 11.9 Å². The summed E-state index contributed by atoms with van der Waals surface area (Å²) in [4.78, 5) is 11.9. The van der Waals surface area contributed by atoms with Crippen LogP contribution in [0.25, 0.3) is 0 Å². The number of carbonyl (C=O) groups is 1. The fraction of sp³-hybridized carbons (Fsp3) is 0.429. The molecule has 104 valence electrons. The summed E-state index contributed by atoms with van der Waals surface area (Å²) in [6.07, 6.45) is 0.420. The molecule has 0 spiro atoms. The minimum Gasteiger partial charge on any atom is -0.389 e. The van der Waals surface area contributed by atoms with Crippen LogP contribution in [0.1, 0.15) is 31.4 Å². The van der Waals surface area contributed by atoms with Gasteiger partial charge in [0.2, 0.25) is 5.91 Å². The van der Waals surface area contributed by atoms with E-state index in [1.807, 2.05) is 39.0 Å². The summed E-state index contributed by atoms with van der Waals surface area (Å²) in [5.41, 5.74) is 8.49. The van der Waals surface area contributed by atoms with Gasteiger partial charge >= 0.3 is 0 Å². The molecule has 0 saturated carbocycles. The Morgan fingerprint density at radius 1 is 1.42 bits per heavy atom. The van der Waals surface area contributed by atoms with Crippen LogP contribution >= 0.6 is 12.2 Å². The van der Waals surface area contributed by atoms with Gasteiger partial charge in [-0.25, -0.2) is 0 Å². The van der Waals surface area contributed by atoms with E-state index in [0.717, 1.165) is 16.8 Å². The number of nitrogens with two attached hydrogens (primary N) is 1. The molecule has 1 amide bonds. The van der Waals surface area contributed by atoms with Crippen LogP contribution < -0.4 is 16.4 Å². The van der Waals surface area contributed by atoms with E-state index in [1.54, 1.807) is 0 Å². The lowest BCUT2D eigenvalue weighted by Crippen LogP contribution is -2.31. The van der Waals surface area contributed by atoms with Gasteiger partial charge in [-0.2, -0.15) is 0 Å². The van der Waals surface area contributed by atoms with Crippen LogP contribution in [0.15, 0.2) is 18.2 Å². The van der Waals surface area contributed by atoms with Crippen LogP contribution in [0.4, 0.5) is 5.69 Å². The highest BCUT2D eigenvalue weighted by atomic mass is 32.1. The molecule has 0 heterocycles. The Labute approximate surface area is 119 Å². The van der Waals surface area contributed by atoms with Crippen molar-refractivity contribution in [2.75, 3.05) is 11.9 Å². The number of benzene rings is 1. The van der Waals surface area contributed by atoms with Crippen LogP contribution in [-0.4, -0.2) is 23.5 Å². The molecule has 1 aromatic carbocycles. The molecule has 1 aromatic rings. The summed E-state index contributed by atoms with van der Waals surface area (Å²) in [5.74, 6) is 0.0351. The smallest absolute Gasteiger partial charge is 0.221 e. The Morgan fingerprint density at radius 2 is 2.11 bits per heavy atom. The third-order valence-electron chi connectivity index (χ3n) is 2.64. The second kappa shape index (κ2) is 7.09. The van der Waals surface area contributed by atoms with Gasteiger partial charge in [0, 0.05) is 30.3 Å². The third-order valence-corrected chi connectivity index (χ3v) is 2.86. The molecule has 0 bridgehead atoms. The molecule has 0 atom stereocenters. The van der Waals surface area contributed by atoms with Crippen LogP contribution in [0, 0.1) is 6.92 Å². The number of para-hydroxylation sites is 1. The molecule has 0 unspecified atom stereocenters. The van der Waals surface area contributed by atoms with Crippen molar-refractivity contribution in [1.82, 2.24) is 5.32 Å². The average molecular weight is 279 g/mol. The molecule has 0 aliphatic rings. The molecule has 19 heavy (non-hydrogen) atoms. The van der Waals surface area contributed by atoms with E-state index in [1.165, 1.54) is 0 Å². The predicted molar refractivity (Wildman–Crippen MR) is 83.5 cm³/mol. The fourth-order valence-electron chi connectivity index (χ4n) is 1.80. The first-order valence-corrected chi connectivity index (χ1v) is 6.75. The molecule has 0 radical (unpaired) electrons. The molecule has 0 aliphatic heterocycles. The summed E-state index contributed by atoms with van der Waals surface area (Å²) in [6, 6.07) is 5.95. The zero-order valence-electron chi connectivity index (χ0n) is 11.6. The highest BCUT2D eigenvalue weighted by Crippen LogP contribution is 2.20. The molecule has 4 nitrogen and oxygen atoms in total. The predicted octanol–water partition coefficient (Wildman–Crippen LogP) is 1.96. The summed E-state index contributed by atoms with van der Waals surface area (Å²) >= 11 is 5.03. The third kappa shape index (κ3) is 4.87. The maximum absolute atomic E-state index is 11.5. The van der Waals surface area contributed by atoms with Crippen molar-refractivity contribution in [3.8, 4) is 0 Å². The first-order valence-electron chi connectivity index (χ1n) is 6.34. The molecule has 0 fully saturated rings. The van der Waals surface area contributed by atoms with Gasteiger partial charge in [-0.15, -0.1) is 0 Å². The Kier molecular flexibility index (Phi) is 5.76. The summed E-state index contributed by atoms with van der Waals surface area (Å²) in [7, 11) is 0. The minimum absolute atomic E-state index is 0.0351. The first kappa shape index (κ1) is 15.4. The van der Waals surface area contributed by atoms with Crippen molar-refractivity contribution in [2.24, 2.45) is 5.73 Å². The topological polar surface area (TPSA) is 67.1 Å². The quantitative estimate of drug-likeness (QED) is 0.696. The lowest BCUT2D eigenvalue weighted by atomic mass is 10.1. The number of carbonyl (C=O) groups excluding carboxylic acids is 1. The summed E-state index contributed by atoms with van der Waals surface area (Å²) in [5, 5.41) is 6.09. The maximum atomic E-state index is 11.5. The van der Waals surface area contributed by atoms with E-state index < -0.39 is 0 Å². The van der Waals surface area contributed by atoms with Crippen molar-refractivity contribution in [1.29, 1.82) is 0 Å². The molecule has 0 aromatic heterocycles. The molecule has 0 aliphatic carbocycles. The van der Waals surface area contributed by atoms with Gasteiger partial charge in [-0.05, 0) is 32.4 Å². The highest BCUT2D eigenvalue weighted by molar-refractivity contribution is 7.80. The zero-order valence-corrected chi connectivity index (χ0v) is 12.4. The minimum atomic E-state index is 0.0351. The van der Waals surface area contributed by atoms with E-state index in [2.05, 4.69) is 10.6 Å². The van der Waals surface area contributed by atoms with Crippen LogP contribution in [0.5, 0.6) is 0 Å². The normalized spacial score (nSPS) is 10.3. The van der Waals surface area contributed by atoms with Gasteiger partial charge in [0.05, 0.1) is 0 Å². The summed E-state index contributed by atoms with van der Waals surface area (Å²) < 4.78 is 0. The molecule has 0 saturated heterocycles. The number of thiocarbonyl (C=S) groups is 1. The molecule has 5 heteroatoms. The Bertz CT molecular complexity index is 472. The molecular formula is C14H21N3OS. The number of rotatable bonds is 6. The SMILES string of the molecule is Cc1cccc(C(N)=S)c1NCCC(=O)NC(C)C. The van der Waals surface area contributed by atoms with Gasteiger partial charge in [-0.3, -0.25) is 4.79 Å². The van der Waals surface area contributed by atoms with Crippen molar-refractivity contribution in [2.45, 2.75) is 33.2 Å². The summed E-state index contributed by atoms with van der Waals surface area (Å²) in [6.45, 7) is 6.42. The fourth-order valence-corrected chi connectivity index (χ4v) is 1.97. The Morgan fingerprint density at radius 3 is 2.68 bits per heavy atom. The van der Waals surface area contributed by atoms with Gasteiger partial charge in [0.1, 0.15) is 4.99 Å². The van der Waals surface area contributed by atoms with Gasteiger partial charge < -0.3 is 16.4 Å². The van der Waals surface area contributed by atoms with Gasteiger partial charge in [-0.1, -0.05) is 24.4 Å². The average Bonchev–Trinajstić information content (AvgIpc) is 2.29. The van der Waals surface area contributed by atoms with Crippen LogP contribution in [0.2, 0.25) is 0 Å². The van der Waals surface area contributed by atoms with Crippen molar-refractivity contribution < 1.29 is 4.79 Å². The lowest BCUT2D eigenvalue weighted by molar-refractivity contribution is -0.121. The van der Waals surface area contributed by atoms with Crippen molar-refractivity contribution in [3.05, 3.63) is 29.3 Å². The molecular weight excluding hydrogens is 258 g/mol. The second-order valence-corrected chi connectivity index (χ2v) is 5.20. The first-order chi connectivity index (χ1) is 8.91. The maximum Gasteiger partial charge on any atom is 0.221 e. The van der Waals surface area contributed by atoms with Gasteiger partial charge in [0.25, 0.3) is 0 Å². The lowest BCUT2D eigenvalue weighted by Gasteiger charge is -2.14. The zero-order chi connectivity index (χ0) is 14.4. The number of aryl methyl sites for hydroxylation is 1. The molecule has 1 rings (SSSR count). The number of anilines is 1. The Hall–Kier alpha value is -1.62. The van der Waals surface area contributed by atoms with Crippen LogP contribution in [0.3, 0.4) is 0 Å². The monoisotopic (exact) mass is 279 g/mol. The van der Waals surface area contributed by atoms with E-state index in [4.69, 9.17) is 18.0 Å². The van der Waals surface area contributed by atoms with Crippen molar-refractivity contribution >= 4 is 28.8 Å². The number of hydrogen-bond acceptors (Lipinski definition) is 3. The van der Waals surface area contributed by atoms with Crippen LogP contribution in [-0.2, 0) is 4.79 Å². The number of hydrogen-bond donors (Lipinski definition) is 3. The van der Waals surface area contributed by atoms with Crippen molar-refractivity contribution in [3.63, 3.8) is 0 Å².